The molecular weight excluding hydrogens is 602 g/mol. The summed E-state index contributed by atoms with van der Waals surface area (Å²) in [5, 5.41) is 12.7. The molecule has 0 saturated carbocycles. The van der Waals surface area contributed by atoms with Crippen molar-refractivity contribution in [1.29, 1.82) is 0 Å². The van der Waals surface area contributed by atoms with E-state index in [-0.39, 0.29) is 6.42 Å². The van der Waals surface area contributed by atoms with Crippen LogP contribution in [0.5, 0.6) is 0 Å². The van der Waals surface area contributed by atoms with Crippen LogP contribution in [0.2, 0.25) is 0 Å². The van der Waals surface area contributed by atoms with Crippen molar-refractivity contribution in [3.63, 3.8) is 0 Å². The van der Waals surface area contributed by atoms with Crippen LogP contribution in [0.3, 0.4) is 0 Å². The second-order valence-corrected chi connectivity index (χ2v) is 9.15. The second kappa shape index (κ2) is 17.3. The number of cyclic esters (lactones) is 4. The Labute approximate surface area is 254 Å². The number of benzene rings is 1. The summed E-state index contributed by atoms with van der Waals surface area (Å²) >= 11 is 0. The number of nitrogens with zero attached hydrogens (tertiary/aromatic N) is 3. The van der Waals surface area contributed by atoms with Crippen molar-refractivity contribution in [3.8, 4) is 0 Å². The van der Waals surface area contributed by atoms with Crippen molar-refractivity contribution in [3.05, 3.63) is 48.0 Å². The number of carbonyl (C=O) groups excluding carboxylic acids is 8. The predicted octanol–water partition coefficient (Wildman–Crippen LogP) is -4.11. The van der Waals surface area contributed by atoms with Gasteiger partial charge in [0.2, 0.25) is 0 Å². The fourth-order valence-corrected chi connectivity index (χ4v) is 3.44. The number of nitrogens with one attached hydrogen (secondary N) is 4. The van der Waals surface area contributed by atoms with Crippen LogP contribution in [0, 0.1) is 0 Å². The van der Waals surface area contributed by atoms with Gasteiger partial charge in [0.15, 0.2) is 26.4 Å². The van der Waals surface area contributed by atoms with E-state index in [1.54, 1.807) is 35.3 Å². The minimum Gasteiger partial charge on any atom is -0.454 e. The molecule has 4 N–H and O–H groups in total. The van der Waals surface area contributed by atoms with E-state index in [9.17, 15) is 38.4 Å². The van der Waals surface area contributed by atoms with Gasteiger partial charge >= 0.3 is 23.9 Å². The largest absolute Gasteiger partial charge is 0.454 e. The Kier molecular flexibility index (Phi) is 12.9. The van der Waals surface area contributed by atoms with Crippen LogP contribution in [0.15, 0.2) is 36.9 Å². The van der Waals surface area contributed by atoms with E-state index < -0.39 is 99.6 Å². The summed E-state index contributed by atoms with van der Waals surface area (Å²) in [4.78, 5) is 100. The fourth-order valence-electron chi connectivity index (χ4n) is 3.44. The summed E-state index contributed by atoms with van der Waals surface area (Å²) in [5.74, 6) is -7.57. The number of aromatic nitrogens is 3. The van der Waals surface area contributed by atoms with Crippen LogP contribution >= 0.6 is 0 Å². The van der Waals surface area contributed by atoms with Crippen molar-refractivity contribution in [2.75, 3.05) is 46.1 Å². The third kappa shape index (κ3) is 12.9. The molecule has 0 radical (unpaired) electrons. The number of carbonyl (C=O) groups is 8. The molecule has 1 aliphatic heterocycles. The SMILES string of the molecule is O=C1COC(=O)CNC(=O)COC(=O)C(Cc2ccc(Cn3cncn3)cc2)NC(=O)COC(=O)CNC(=O)COC(=O)CN1. The summed E-state index contributed by atoms with van der Waals surface area (Å²) in [6, 6.07) is 5.63. The third-order valence-electron chi connectivity index (χ3n) is 5.62. The van der Waals surface area contributed by atoms with Gasteiger partial charge in [0.25, 0.3) is 23.6 Å². The predicted molar refractivity (Wildman–Crippen MR) is 144 cm³/mol. The summed E-state index contributed by atoms with van der Waals surface area (Å²) in [5.41, 5.74) is 1.47. The molecule has 1 unspecified atom stereocenters. The summed E-state index contributed by atoms with van der Waals surface area (Å²) < 4.78 is 20.7. The van der Waals surface area contributed by atoms with Crippen LogP contribution in [0.1, 0.15) is 11.1 Å². The maximum Gasteiger partial charge on any atom is 0.329 e. The average molecular weight is 632 g/mol. The summed E-state index contributed by atoms with van der Waals surface area (Å²) in [6.45, 7) is -4.79. The Bertz CT molecular complexity index is 1400. The molecule has 1 aromatic carbocycles. The van der Waals surface area contributed by atoms with Gasteiger partial charge in [0.1, 0.15) is 38.3 Å². The average Bonchev–Trinajstić information content (AvgIpc) is 3.54. The standard InChI is InChI=1S/C26H29N7O12/c34-19-10-43-24(39)7-30-21(36)12-45-26(41)18(5-16-1-3-17(4-2-16)9-33-15-27-14-31-33)32-22(37)13-44-25(40)8-29-20(35)11-42-23(38)6-28-19/h1-4,14-15,18H,5-13H2,(H,28,34)(H,29,35)(H,30,36)(H,32,37). The van der Waals surface area contributed by atoms with Gasteiger partial charge < -0.3 is 40.2 Å². The van der Waals surface area contributed by atoms with Crippen LogP contribution < -0.4 is 21.3 Å². The lowest BCUT2D eigenvalue weighted by atomic mass is 10.0. The van der Waals surface area contributed by atoms with Crippen molar-refractivity contribution in [2.45, 2.75) is 19.0 Å². The van der Waals surface area contributed by atoms with Crippen molar-refractivity contribution in [2.24, 2.45) is 0 Å². The first-order chi connectivity index (χ1) is 21.6. The van der Waals surface area contributed by atoms with Gasteiger partial charge in [-0.3, -0.25) is 33.6 Å². The highest BCUT2D eigenvalue weighted by Crippen LogP contribution is 2.09. The van der Waals surface area contributed by atoms with Crippen molar-refractivity contribution in [1.82, 2.24) is 36.0 Å². The van der Waals surface area contributed by atoms with Crippen LogP contribution in [-0.4, -0.2) is 114 Å². The van der Waals surface area contributed by atoms with Crippen LogP contribution in [-0.2, 0) is 70.3 Å². The molecule has 0 bridgehead atoms. The van der Waals surface area contributed by atoms with E-state index in [2.05, 4.69) is 40.8 Å². The lowest BCUT2D eigenvalue weighted by Gasteiger charge is -2.18. The van der Waals surface area contributed by atoms with Crippen molar-refractivity contribution >= 4 is 47.5 Å². The minimum absolute atomic E-state index is 0.0765. The van der Waals surface area contributed by atoms with E-state index in [0.29, 0.717) is 12.1 Å². The zero-order valence-corrected chi connectivity index (χ0v) is 23.6. The van der Waals surface area contributed by atoms with E-state index in [0.717, 1.165) is 5.56 Å². The maximum absolute atomic E-state index is 12.9. The molecule has 2 aromatic rings. The number of ether oxygens (including phenoxy) is 4. The van der Waals surface area contributed by atoms with E-state index in [1.165, 1.54) is 6.33 Å². The topological polar surface area (TPSA) is 252 Å². The quantitative estimate of drug-likeness (QED) is 0.185. The highest BCUT2D eigenvalue weighted by Gasteiger charge is 2.25. The molecule has 45 heavy (non-hydrogen) atoms. The molecule has 19 nitrogen and oxygen atoms in total. The molecule has 1 aliphatic rings. The number of hydrogen-bond donors (Lipinski definition) is 4. The Morgan fingerprint density at radius 1 is 0.644 bits per heavy atom. The zero-order valence-electron chi connectivity index (χ0n) is 23.6. The number of amides is 4. The zero-order chi connectivity index (χ0) is 32.6. The van der Waals surface area contributed by atoms with Crippen LogP contribution in [0.4, 0.5) is 0 Å². The number of hydrogen-bond acceptors (Lipinski definition) is 14. The summed E-state index contributed by atoms with van der Waals surface area (Å²) in [7, 11) is 0. The Morgan fingerprint density at radius 3 is 1.60 bits per heavy atom. The molecule has 2 heterocycles. The van der Waals surface area contributed by atoms with Gasteiger partial charge in [-0.2, -0.15) is 5.10 Å². The van der Waals surface area contributed by atoms with Crippen molar-refractivity contribution < 1.29 is 57.3 Å². The van der Waals surface area contributed by atoms with Gasteiger partial charge in [-0.25, -0.2) is 14.5 Å². The second-order valence-electron chi connectivity index (χ2n) is 9.15. The molecule has 4 amide bonds. The van der Waals surface area contributed by atoms with Gasteiger partial charge in [-0.15, -0.1) is 0 Å². The van der Waals surface area contributed by atoms with Gasteiger partial charge in [-0.05, 0) is 11.1 Å². The van der Waals surface area contributed by atoms with E-state index >= 15 is 0 Å². The van der Waals surface area contributed by atoms with Gasteiger partial charge in [-0.1, -0.05) is 24.3 Å². The number of rotatable bonds is 4. The maximum atomic E-state index is 12.9. The molecule has 1 saturated heterocycles. The molecule has 1 atom stereocenters. The smallest absolute Gasteiger partial charge is 0.329 e. The lowest BCUT2D eigenvalue weighted by molar-refractivity contribution is -0.154. The Hall–Kier alpha value is -5.88. The fraction of sp³-hybridized carbons (Fsp3) is 0.385. The van der Waals surface area contributed by atoms with E-state index in [4.69, 9.17) is 9.47 Å². The van der Waals surface area contributed by atoms with Gasteiger partial charge in [0, 0.05) is 6.42 Å². The Morgan fingerprint density at radius 2 is 1.11 bits per heavy atom. The molecule has 19 heteroatoms. The first kappa shape index (κ1) is 33.6. The summed E-state index contributed by atoms with van der Waals surface area (Å²) in [6.07, 6.45) is 2.87. The molecule has 0 aliphatic carbocycles. The monoisotopic (exact) mass is 631 g/mol. The molecule has 0 spiro atoms. The molecule has 3 rings (SSSR count). The lowest BCUT2D eigenvalue weighted by Crippen LogP contribution is -2.46. The molecule has 1 aromatic heterocycles. The molecule has 240 valence electrons. The van der Waals surface area contributed by atoms with Crippen LogP contribution in [0.25, 0.3) is 0 Å². The third-order valence-corrected chi connectivity index (χ3v) is 5.62. The normalized spacial score (nSPS) is 18.9. The molecular formula is C26H29N7O12. The highest BCUT2D eigenvalue weighted by atomic mass is 16.6. The first-order valence-electron chi connectivity index (χ1n) is 13.2. The first-order valence-corrected chi connectivity index (χ1v) is 13.2. The van der Waals surface area contributed by atoms with E-state index in [1.807, 2.05) is 0 Å². The minimum atomic E-state index is -1.33. The molecule has 1 fully saturated rings. The highest BCUT2D eigenvalue weighted by molar-refractivity contribution is 5.90. The number of esters is 4. The van der Waals surface area contributed by atoms with Gasteiger partial charge in [0.05, 0.1) is 6.54 Å². The Balaban J connectivity index is 1.64.